The summed E-state index contributed by atoms with van der Waals surface area (Å²) in [7, 11) is 0. The van der Waals surface area contributed by atoms with Gasteiger partial charge in [0.1, 0.15) is 18.1 Å². The van der Waals surface area contributed by atoms with E-state index in [9.17, 15) is 28.8 Å². The third-order valence-electron chi connectivity index (χ3n) is 3.88. The summed E-state index contributed by atoms with van der Waals surface area (Å²) in [5.74, 6) is -3.32. The molecule has 0 bridgehead atoms. The Bertz CT molecular complexity index is 555. The Morgan fingerprint density at radius 1 is 0.607 bits per heavy atom. The number of hydrogen-bond acceptors (Lipinski definition) is 6. The summed E-state index contributed by atoms with van der Waals surface area (Å²) in [6.07, 6.45) is 2.31. The van der Waals surface area contributed by atoms with Crippen molar-refractivity contribution in [3.05, 3.63) is 0 Å². The molecule has 1 radical (unpaired) electrons. The zero-order chi connectivity index (χ0) is 20.6. The van der Waals surface area contributed by atoms with Crippen LogP contribution in [-0.2, 0) is 28.8 Å². The molecule has 3 rings (SSSR count). The fourth-order valence-corrected chi connectivity index (χ4v) is 2.40. The Kier molecular flexibility index (Phi) is 11.8. The molecule has 153 valence electrons. The van der Waals surface area contributed by atoms with E-state index in [4.69, 9.17) is 15.3 Å². The first-order valence-corrected chi connectivity index (χ1v) is 8.16. The second-order valence-electron chi connectivity index (χ2n) is 5.99. The van der Waals surface area contributed by atoms with Crippen LogP contribution in [0.1, 0.15) is 38.5 Å². The average molecular weight is 528 g/mol. The van der Waals surface area contributed by atoms with Crippen molar-refractivity contribution in [3.63, 3.8) is 0 Å². The minimum Gasteiger partial charge on any atom is -0.480 e. The number of rotatable bonds is 3. The molecule has 0 aromatic rings. The van der Waals surface area contributed by atoms with Gasteiger partial charge in [0, 0.05) is 60.6 Å². The van der Waals surface area contributed by atoms with Crippen LogP contribution in [0.25, 0.3) is 0 Å². The molecule has 3 aliphatic heterocycles. The maximum Gasteiger partial charge on any atom is 0.326 e. The van der Waals surface area contributed by atoms with E-state index in [0.29, 0.717) is 38.5 Å². The van der Waals surface area contributed by atoms with E-state index >= 15 is 0 Å². The van der Waals surface area contributed by atoms with Gasteiger partial charge in [0.2, 0.25) is 17.7 Å². The molecular formula is C15H21N3O9Pr. The maximum absolute atomic E-state index is 10.4. The van der Waals surface area contributed by atoms with Crippen LogP contribution >= 0.6 is 0 Å². The molecule has 3 heterocycles. The second-order valence-corrected chi connectivity index (χ2v) is 5.99. The van der Waals surface area contributed by atoms with Crippen molar-refractivity contribution in [2.24, 2.45) is 0 Å². The van der Waals surface area contributed by atoms with Crippen molar-refractivity contribution in [2.45, 2.75) is 56.7 Å². The standard InChI is InChI=1S/3C5H7NO3.Pr/c3*7-4-2-1-3(6-4)5(8)9;/h3*3H,1-2H2,(H,6,7)(H,8,9);. The van der Waals surface area contributed by atoms with Crippen LogP contribution in [0.15, 0.2) is 0 Å². The van der Waals surface area contributed by atoms with Crippen LogP contribution in [0.5, 0.6) is 0 Å². The number of aliphatic carboxylic acids is 3. The molecule has 0 spiro atoms. The van der Waals surface area contributed by atoms with Crippen LogP contribution in [0.3, 0.4) is 0 Å². The Morgan fingerprint density at radius 3 is 0.893 bits per heavy atom. The summed E-state index contributed by atoms with van der Waals surface area (Å²) in [5.41, 5.74) is 0. The molecule has 0 saturated carbocycles. The van der Waals surface area contributed by atoms with Crippen LogP contribution in [-0.4, -0.2) is 69.1 Å². The van der Waals surface area contributed by atoms with Gasteiger partial charge in [0.15, 0.2) is 0 Å². The normalized spacial score (nSPS) is 24.9. The van der Waals surface area contributed by atoms with E-state index < -0.39 is 36.0 Å². The number of amides is 3. The molecule has 3 atom stereocenters. The van der Waals surface area contributed by atoms with Crippen LogP contribution < -0.4 is 16.0 Å². The summed E-state index contributed by atoms with van der Waals surface area (Å²) in [4.78, 5) is 61.5. The molecule has 3 amide bonds. The first-order valence-electron chi connectivity index (χ1n) is 8.16. The summed E-state index contributed by atoms with van der Waals surface area (Å²) >= 11 is 0. The van der Waals surface area contributed by atoms with Gasteiger partial charge in [-0.15, -0.1) is 0 Å². The van der Waals surface area contributed by atoms with Crippen molar-refractivity contribution in [1.29, 1.82) is 0 Å². The number of carboxylic acid groups (broad SMARTS) is 3. The first kappa shape index (κ1) is 26.2. The van der Waals surface area contributed by atoms with Gasteiger partial charge in [-0.05, 0) is 19.3 Å². The molecule has 13 heteroatoms. The van der Waals surface area contributed by atoms with Gasteiger partial charge in [-0.1, -0.05) is 0 Å². The first-order chi connectivity index (χ1) is 12.6. The number of carboxylic acids is 3. The van der Waals surface area contributed by atoms with Crippen molar-refractivity contribution in [1.82, 2.24) is 16.0 Å². The summed E-state index contributed by atoms with van der Waals surface area (Å²) in [6.45, 7) is 0. The summed E-state index contributed by atoms with van der Waals surface area (Å²) in [5, 5.41) is 31.9. The molecule has 0 aromatic heterocycles. The SMILES string of the molecule is O=C1CCC(C(=O)O)N1.O=C1CCC(C(=O)O)N1.O=C1CCC(C(=O)O)N1.[Pr]. The molecule has 0 aromatic carbocycles. The van der Waals surface area contributed by atoms with Gasteiger partial charge in [-0.3, -0.25) is 14.4 Å². The fraction of sp³-hybridized carbons (Fsp3) is 0.600. The smallest absolute Gasteiger partial charge is 0.326 e. The monoisotopic (exact) mass is 528 g/mol. The van der Waals surface area contributed by atoms with Gasteiger partial charge >= 0.3 is 17.9 Å². The summed E-state index contributed by atoms with van der Waals surface area (Å²) < 4.78 is 0. The summed E-state index contributed by atoms with van der Waals surface area (Å²) in [6, 6.07) is -1.92. The number of carbonyl (C=O) groups is 6. The predicted molar refractivity (Wildman–Crippen MR) is 86.4 cm³/mol. The Hall–Kier alpha value is -1.82. The van der Waals surface area contributed by atoms with Crippen molar-refractivity contribution >= 4 is 35.6 Å². The fourth-order valence-electron chi connectivity index (χ4n) is 2.40. The minimum atomic E-state index is -0.944. The van der Waals surface area contributed by atoms with Gasteiger partial charge < -0.3 is 31.3 Å². The molecular weight excluding hydrogens is 507 g/mol. The molecule has 0 aliphatic carbocycles. The van der Waals surface area contributed by atoms with Crippen LogP contribution in [0.2, 0.25) is 0 Å². The quantitative estimate of drug-likeness (QED) is 0.241. The average Bonchev–Trinajstić information content (AvgIpc) is 3.30. The second kappa shape index (κ2) is 12.6. The van der Waals surface area contributed by atoms with Crippen LogP contribution in [0, 0.1) is 41.3 Å². The number of hydrogen-bond donors (Lipinski definition) is 6. The molecule has 3 aliphatic rings. The van der Waals surface area contributed by atoms with Gasteiger partial charge in [0.05, 0.1) is 0 Å². The van der Waals surface area contributed by atoms with Crippen molar-refractivity contribution in [2.75, 3.05) is 0 Å². The van der Waals surface area contributed by atoms with E-state index in [0.717, 1.165) is 0 Å². The van der Waals surface area contributed by atoms with E-state index in [2.05, 4.69) is 16.0 Å². The third kappa shape index (κ3) is 9.40. The molecule has 28 heavy (non-hydrogen) atoms. The van der Waals surface area contributed by atoms with E-state index in [-0.39, 0.29) is 59.0 Å². The molecule has 6 N–H and O–H groups in total. The molecule has 3 unspecified atom stereocenters. The number of nitrogens with one attached hydrogen (secondary N) is 3. The number of carbonyl (C=O) groups excluding carboxylic acids is 3. The van der Waals surface area contributed by atoms with Crippen molar-refractivity contribution in [3.8, 4) is 0 Å². The van der Waals surface area contributed by atoms with E-state index in [1.165, 1.54) is 0 Å². The zero-order valence-corrected chi connectivity index (χ0v) is 18.5. The largest absolute Gasteiger partial charge is 0.480 e. The molecule has 3 fully saturated rings. The predicted octanol–water partition coefficient (Wildman–Crippen LogP) is -1.95. The van der Waals surface area contributed by atoms with E-state index in [1.54, 1.807) is 0 Å². The topological polar surface area (TPSA) is 199 Å². The van der Waals surface area contributed by atoms with E-state index in [1.807, 2.05) is 0 Å². The minimum absolute atomic E-state index is 0. The van der Waals surface area contributed by atoms with Gasteiger partial charge in [0.25, 0.3) is 0 Å². The third-order valence-corrected chi connectivity index (χ3v) is 3.88. The molecule has 12 nitrogen and oxygen atoms in total. The Balaban J connectivity index is 0.000000384. The maximum atomic E-state index is 10.4. The Labute approximate surface area is 192 Å². The van der Waals surface area contributed by atoms with Crippen LogP contribution in [0.4, 0.5) is 0 Å². The zero-order valence-electron chi connectivity index (χ0n) is 14.8. The molecule has 3 saturated heterocycles. The van der Waals surface area contributed by atoms with Gasteiger partial charge in [-0.2, -0.15) is 0 Å². The Morgan fingerprint density at radius 2 is 0.821 bits per heavy atom. The van der Waals surface area contributed by atoms with Gasteiger partial charge in [-0.25, -0.2) is 14.4 Å². The van der Waals surface area contributed by atoms with Crippen molar-refractivity contribution < 1.29 is 85.4 Å².